The summed E-state index contributed by atoms with van der Waals surface area (Å²) in [6, 6.07) is 25.5. The second kappa shape index (κ2) is 33.9. The summed E-state index contributed by atoms with van der Waals surface area (Å²) in [5, 5.41) is 20.2. The van der Waals surface area contributed by atoms with Crippen molar-refractivity contribution in [3.05, 3.63) is 138 Å². The monoisotopic (exact) mass is 1270 g/mol. The fourth-order valence-corrected chi connectivity index (χ4v) is 11.2. The van der Waals surface area contributed by atoms with E-state index in [0.29, 0.717) is 37.4 Å². The van der Waals surface area contributed by atoms with Gasteiger partial charge in [-0.3, -0.25) is 38.4 Å². The number of hydrogen-bond donors (Lipinski definition) is 7. The summed E-state index contributed by atoms with van der Waals surface area (Å²) in [4.78, 5) is 135. The zero-order valence-corrected chi connectivity index (χ0v) is 55.8. The van der Waals surface area contributed by atoms with Crippen molar-refractivity contribution in [2.24, 2.45) is 23.7 Å². The van der Waals surface area contributed by atoms with E-state index in [9.17, 15) is 24.0 Å². The van der Waals surface area contributed by atoms with Gasteiger partial charge in [0.1, 0.15) is 65.3 Å². The Balaban J connectivity index is 1.42. The molecule has 92 heavy (non-hydrogen) atoms. The highest BCUT2D eigenvalue weighted by Gasteiger charge is 2.43. The summed E-state index contributed by atoms with van der Waals surface area (Å²) in [6.07, 6.45) is -2.01. The highest BCUT2D eigenvalue weighted by molar-refractivity contribution is 5.98. The van der Waals surface area contributed by atoms with Crippen LogP contribution in [0.3, 0.4) is 0 Å². The van der Waals surface area contributed by atoms with Crippen LogP contribution in [0.5, 0.6) is 5.75 Å². The molecule has 0 saturated carbocycles. The van der Waals surface area contributed by atoms with Gasteiger partial charge < -0.3 is 61.1 Å². The van der Waals surface area contributed by atoms with Crippen LogP contribution in [0.1, 0.15) is 150 Å². The van der Waals surface area contributed by atoms with E-state index in [1.54, 1.807) is 52.0 Å². The largest absolute Gasteiger partial charge is 0.488 e. The molecule has 500 valence electrons. The van der Waals surface area contributed by atoms with Gasteiger partial charge in [-0.1, -0.05) is 171 Å². The minimum Gasteiger partial charge on any atom is -0.488 e. The number of likely N-dealkylation sites (N-methyl/N-ethyl adjacent to an activating group) is 1. The maximum absolute atomic E-state index is 15.2. The number of benzene rings is 4. The Morgan fingerprint density at radius 3 is 1.66 bits per heavy atom. The molecule has 2 fully saturated rings. The number of amides is 8. The third-order valence-electron chi connectivity index (χ3n) is 16.9. The quantitative estimate of drug-likeness (QED) is 0.0294. The highest BCUT2D eigenvalue weighted by Crippen LogP contribution is 2.37. The number of hydrogen-bond acceptors (Lipinski definition) is 13. The maximum Gasteiger partial charge on any atom is 0.329 e. The van der Waals surface area contributed by atoms with Gasteiger partial charge >= 0.3 is 5.97 Å². The fraction of sp³-hybridized carbons (Fsp3) is 0.535. The van der Waals surface area contributed by atoms with Crippen molar-refractivity contribution in [1.29, 1.82) is 0 Å². The predicted octanol–water partition coefficient (Wildman–Crippen LogP) is 6.92. The molecule has 21 nitrogen and oxygen atoms in total. The summed E-state index contributed by atoms with van der Waals surface area (Å²) in [7, 11) is 1.46. The van der Waals surface area contributed by atoms with Crippen LogP contribution in [-0.4, -0.2) is 139 Å². The van der Waals surface area contributed by atoms with E-state index in [1.165, 1.54) is 18.9 Å². The standard InChI is InChI=1S/C71H98N8O13/c1-14-45(7)59-68(87)79(13)56(42-48-31-33-52(34-32-48)92-70(10,11)12)66(85)76-60(46(8)15-2)69(88)91-47(9)61(67(86)74-55(41-43(3)4)65(84)73-54(63(82)75-59)36-38-58-89-39-40-90-58)77-64(83)53(72-62(81)44(5)6)35-37-57(80)78-71(49-25-19-16-20-26-49,50-27-21-17-22-28-50)51-29-23-18-24-30-51/h16-34,43-47,53-56,58-61H,14-15,35-42H2,1-13H3,(H,72,81)(H,73,84)(H,74,86)(H,75,82)(H,76,85)(H,77,83)(H,78,80)/t45-,46-,47+,53?,54-,55-,56-,59-,60-,61-/m0/s1. The molecule has 2 saturated heterocycles. The minimum atomic E-state index is -1.80. The lowest BCUT2D eigenvalue weighted by Crippen LogP contribution is -2.62. The zero-order chi connectivity index (χ0) is 67.5. The number of nitrogens with one attached hydrogen (secondary N) is 7. The Labute approximate surface area is 542 Å². The molecular formula is C71H98N8O13. The number of ether oxygens (including phenoxy) is 4. The lowest BCUT2D eigenvalue weighted by Gasteiger charge is -2.37. The molecule has 21 heteroatoms. The highest BCUT2D eigenvalue weighted by atomic mass is 16.7. The van der Waals surface area contributed by atoms with Gasteiger partial charge in [-0.05, 0) is 99.1 Å². The van der Waals surface area contributed by atoms with Gasteiger partial charge in [0, 0.05) is 32.2 Å². The molecule has 10 atom stereocenters. The smallest absolute Gasteiger partial charge is 0.329 e. The lowest BCUT2D eigenvalue weighted by molar-refractivity contribution is -0.158. The molecule has 6 rings (SSSR count). The normalized spacial score (nSPS) is 22.1. The SMILES string of the molecule is CC[C@H](C)[C@@H]1NC(=O)[C@H](Cc2ccc(OC(C)(C)C)cc2)N(C)C(=O)[C@H]([C@@H](C)CC)NC(=O)[C@H](CCC2OCCO2)NC(=O)[C@H](CC(C)C)NC(=O)[C@@H](NC(=O)C(CCC(=O)NC(c2ccccc2)(c2ccccc2)c2ccccc2)NC(=O)C(C)C)[C@@H](C)OC1=O. The molecule has 2 aliphatic rings. The van der Waals surface area contributed by atoms with Crippen molar-refractivity contribution in [3.8, 4) is 5.75 Å². The van der Waals surface area contributed by atoms with Gasteiger partial charge in [-0.15, -0.1) is 0 Å². The number of rotatable bonds is 23. The molecule has 2 heterocycles. The average Bonchev–Trinajstić information content (AvgIpc) is 0.787. The summed E-state index contributed by atoms with van der Waals surface area (Å²) in [6.45, 7) is 21.8. The van der Waals surface area contributed by atoms with Crippen molar-refractivity contribution in [2.75, 3.05) is 20.3 Å². The van der Waals surface area contributed by atoms with E-state index in [-0.39, 0.29) is 44.4 Å². The van der Waals surface area contributed by atoms with E-state index in [4.69, 9.17) is 18.9 Å². The lowest BCUT2D eigenvalue weighted by atomic mass is 9.77. The Bertz CT molecular complexity index is 3000. The zero-order valence-electron chi connectivity index (χ0n) is 55.8. The van der Waals surface area contributed by atoms with E-state index < -0.39 is 137 Å². The Kier molecular flexibility index (Phi) is 26.9. The molecule has 0 spiro atoms. The number of carbonyl (C=O) groups is 9. The predicted molar refractivity (Wildman–Crippen MR) is 349 cm³/mol. The van der Waals surface area contributed by atoms with Crippen molar-refractivity contribution in [1.82, 2.24) is 42.1 Å². The summed E-state index contributed by atoms with van der Waals surface area (Å²) in [5.41, 5.74) is 1.16. The molecular weight excluding hydrogens is 1170 g/mol. The summed E-state index contributed by atoms with van der Waals surface area (Å²) < 4.78 is 23.7. The fourth-order valence-electron chi connectivity index (χ4n) is 11.2. The van der Waals surface area contributed by atoms with Gasteiger partial charge in [0.2, 0.25) is 47.3 Å². The Hall–Kier alpha value is -8.17. The van der Waals surface area contributed by atoms with Crippen molar-refractivity contribution >= 4 is 53.2 Å². The van der Waals surface area contributed by atoms with Crippen molar-refractivity contribution in [2.45, 2.75) is 200 Å². The first kappa shape index (κ1) is 72.9. The number of esters is 1. The van der Waals surface area contributed by atoms with Crippen LogP contribution < -0.4 is 42.0 Å². The molecule has 7 N–H and O–H groups in total. The first-order valence-electron chi connectivity index (χ1n) is 32.4. The van der Waals surface area contributed by atoms with Gasteiger partial charge in [0.15, 0.2) is 6.29 Å². The van der Waals surface area contributed by atoms with Crippen LogP contribution >= 0.6 is 0 Å². The van der Waals surface area contributed by atoms with Crippen LogP contribution in [0.2, 0.25) is 0 Å². The number of nitrogens with zero attached hydrogens (tertiary/aromatic N) is 1. The Morgan fingerprint density at radius 2 is 1.15 bits per heavy atom. The molecule has 0 aliphatic carbocycles. The van der Waals surface area contributed by atoms with Gasteiger partial charge in [-0.25, -0.2) is 4.79 Å². The first-order chi connectivity index (χ1) is 43.6. The second-order valence-electron chi connectivity index (χ2n) is 26.1. The third kappa shape index (κ3) is 20.2. The molecule has 4 aromatic rings. The molecule has 4 aromatic carbocycles. The Morgan fingerprint density at radius 1 is 0.641 bits per heavy atom. The number of cyclic esters (lactones) is 1. The van der Waals surface area contributed by atoms with Crippen LogP contribution in [0.4, 0.5) is 0 Å². The summed E-state index contributed by atoms with van der Waals surface area (Å²) in [5.74, 6) is -8.22. The third-order valence-corrected chi connectivity index (χ3v) is 16.9. The van der Waals surface area contributed by atoms with E-state index in [0.717, 1.165) is 16.7 Å². The van der Waals surface area contributed by atoms with Gasteiger partial charge in [0.25, 0.3) is 0 Å². The maximum atomic E-state index is 15.2. The second-order valence-corrected chi connectivity index (χ2v) is 26.1. The van der Waals surface area contributed by atoms with E-state index in [2.05, 4.69) is 37.2 Å². The van der Waals surface area contributed by atoms with E-state index in [1.807, 2.05) is 139 Å². The topological polar surface area (TPSA) is 278 Å². The number of carbonyl (C=O) groups excluding carboxylic acids is 9. The van der Waals surface area contributed by atoms with Crippen LogP contribution in [0.25, 0.3) is 0 Å². The van der Waals surface area contributed by atoms with E-state index >= 15 is 19.2 Å². The summed E-state index contributed by atoms with van der Waals surface area (Å²) >= 11 is 0. The van der Waals surface area contributed by atoms with Gasteiger partial charge in [-0.2, -0.15) is 0 Å². The minimum absolute atomic E-state index is 0.0167. The van der Waals surface area contributed by atoms with Gasteiger partial charge in [0.05, 0.1) is 13.2 Å². The average molecular weight is 1270 g/mol. The van der Waals surface area contributed by atoms with Crippen molar-refractivity contribution in [3.63, 3.8) is 0 Å². The molecule has 0 aromatic heterocycles. The van der Waals surface area contributed by atoms with Crippen LogP contribution in [0.15, 0.2) is 115 Å². The first-order valence-corrected chi connectivity index (χ1v) is 32.4. The molecule has 1 unspecified atom stereocenters. The van der Waals surface area contributed by atoms with Crippen LogP contribution in [-0.2, 0) is 69.3 Å². The molecule has 0 radical (unpaired) electrons. The van der Waals surface area contributed by atoms with Crippen molar-refractivity contribution < 1.29 is 62.1 Å². The molecule has 0 bridgehead atoms. The van der Waals surface area contributed by atoms with Crippen LogP contribution in [0, 0.1) is 23.7 Å². The molecule has 8 amide bonds. The molecule has 2 aliphatic heterocycles.